The number of hydrogen-bond donors (Lipinski definition) is 1. The summed E-state index contributed by atoms with van der Waals surface area (Å²) >= 11 is 0. The van der Waals surface area contributed by atoms with Crippen LogP contribution < -0.4 is 5.32 Å². The van der Waals surface area contributed by atoms with E-state index >= 15 is 0 Å². The molecule has 0 saturated heterocycles. The van der Waals surface area contributed by atoms with E-state index < -0.39 is 0 Å². The molecular weight excluding hydrogens is 246 g/mol. The maximum Gasteiger partial charge on any atom is 0.0475 e. The van der Waals surface area contributed by atoms with E-state index in [0.717, 1.165) is 44.9 Å². The normalized spacial score (nSPS) is 14.4. The first kappa shape index (κ1) is 17.2. The molecule has 0 radical (unpaired) electrons. The number of ether oxygens (including phenoxy) is 1. The van der Waals surface area contributed by atoms with Crippen molar-refractivity contribution < 1.29 is 4.74 Å². The second-order valence-electron chi connectivity index (χ2n) is 6.08. The first-order chi connectivity index (χ1) is 9.64. The lowest BCUT2D eigenvalue weighted by atomic mass is 9.75. The summed E-state index contributed by atoms with van der Waals surface area (Å²) in [7, 11) is 2.03. The topological polar surface area (TPSA) is 21.3 Å². The Kier molecular flexibility index (Phi) is 7.86. The van der Waals surface area contributed by atoms with Crippen molar-refractivity contribution in [2.45, 2.75) is 45.4 Å². The highest BCUT2D eigenvalue weighted by atomic mass is 16.5. The summed E-state index contributed by atoms with van der Waals surface area (Å²) in [4.78, 5) is 0. The van der Waals surface area contributed by atoms with Crippen LogP contribution in [0.5, 0.6) is 0 Å². The molecule has 0 spiro atoms. The first-order valence-electron chi connectivity index (χ1n) is 7.92. The molecule has 0 bridgehead atoms. The third-order valence-electron chi connectivity index (χ3n) is 4.14. The Balaban J connectivity index is 2.60. The molecule has 0 aliphatic carbocycles. The molecule has 0 fully saturated rings. The minimum Gasteiger partial charge on any atom is -0.381 e. The Hall–Kier alpha value is -0.860. The van der Waals surface area contributed by atoms with Gasteiger partial charge in [-0.05, 0) is 37.8 Å². The Bertz CT molecular complexity index is 350. The van der Waals surface area contributed by atoms with Gasteiger partial charge >= 0.3 is 0 Å². The van der Waals surface area contributed by atoms with Crippen LogP contribution in [-0.2, 0) is 10.2 Å². The van der Waals surface area contributed by atoms with E-state index in [0.29, 0.717) is 0 Å². The molecule has 1 aromatic carbocycles. The fourth-order valence-electron chi connectivity index (χ4n) is 2.66. The second kappa shape index (κ2) is 9.15. The van der Waals surface area contributed by atoms with Crippen LogP contribution in [0, 0.1) is 5.92 Å². The molecule has 1 unspecified atom stereocenters. The van der Waals surface area contributed by atoms with Gasteiger partial charge in [-0.2, -0.15) is 0 Å². The molecule has 0 aliphatic rings. The number of benzene rings is 1. The molecule has 0 aromatic heterocycles. The molecule has 0 saturated carbocycles. The molecule has 20 heavy (non-hydrogen) atoms. The van der Waals surface area contributed by atoms with Crippen molar-refractivity contribution in [3.05, 3.63) is 35.9 Å². The standard InChI is InChI=1S/C18H31NO/c1-5-18(15-19-4,17-9-7-6-8-10-17)12-14-20-13-11-16(2)3/h6-10,16,19H,5,11-15H2,1-4H3. The van der Waals surface area contributed by atoms with Crippen LogP contribution in [0.4, 0.5) is 0 Å². The molecule has 114 valence electrons. The quantitative estimate of drug-likeness (QED) is 0.653. The summed E-state index contributed by atoms with van der Waals surface area (Å²) in [5, 5.41) is 3.36. The average molecular weight is 277 g/mol. The Morgan fingerprint density at radius 3 is 2.40 bits per heavy atom. The molecule has 2 nitrogen and oxygen atoms in total. The Morgan fingerprint density at radius 1 is 1.15 bits per heavy atom. The summed E-state index contributed by atoms with van der Waals surface area (Å²) in [6.07, 6.45) is 3.36. The molecule has 0 heterocycles. The van der Waals surface area contributed by atoms with Gasteiger partial charge in [-0.1, -0.05) is 51.1 Å². The molecule has 1 rings (SSSR count). The van der Waals surface area contributed by atoms with E-state index in [-0.39, 0.29) is 5.41 Å². The number of hydrogen-bond acceptors (Lipinski definition) is 2. The van der Waals surface area contributed by atoms with Crippen LogP contribution in [0.3, 0.4) is 0 Å². The van der Waals surface area contributed by atoms with Gasteiger partial charge < -0.3 is 10.1 Å². The van der Waals surface area contributed by atoms with Crippen molar-refractivity contribution >= 4 is 0 Å². The lowest BCUT2D eigenvalue weighted by Gasteiger charge is -2.33. The molecule has 0 aliphatic heterocycles. The summed E-state index contributed by atoms with van der Waals surface area (Å²) in [6.45, 7) is 9.48. The third kappa shape index (κ3) is 5.26. The van der Waals surface area contributed by atoms with Gasteiger partial charge in [0.2, 0.25) is 0 Å². The van der Waals surface area contributed by atoms with Crippen molar-refractivity contribution in [3.63, 3.8) is 0 Å². The van der Waals surface area contributed by atoms with Crippen LogP contribution in [0.25, 0.3) is 0 Å². The zero-order chi connectivity index (χ0) is 14.8. The van der Waals surface area contributed by atoms with E-state index in [1.807, 2.05) is 7.05 Å². The highest BCUT2D eigenvalue weighted by Gasteiger charge is 2.29. The highest BCUT2D eigenvalue weighted by molar-refractivity contribution is 5.25. The maximum atomic E-state index is 5.84. The van der Waals surface area contributed by atoms with Gasteiger partial charge in [0.05, 0.1) is 0 Å². The van der Waals surface area contributed by atoms with Gasteiger partial charge in [-0.3, -0.25) is 0 Å². The van der Waals surface area contributed by atoms with Crippen molar-refractivity contribution in [1.82, 2.24) is 5.32 Å². The van der Waals surface area contributed by atoms with Crippen LogP contribution in [0.1, 0.15) is 45.6 Å². The van der Waals surface area contributed by atoms with Crippen molar-refractivity contribution in [3.8, 4) is 0 Å². The smallest absolute Gasteiger partial charge is 0.0475 e. The van der Waals surface area contributed by atoms with Crippen molar-refractivity contribution in [2.24, 2.45) is 5.92 Å². The lowest BCUT2D eigenvalue weighted by molar-refractivity contribution is 0.103. The van der Waals surface area contributed by atoms with Gasteiger partial charge in [0.25, 0.3) is 0 Å². The molecule has 1 aromatic rings. The maximum absolute atomic E-state index is 5.84. The van der Waals surface area contributed by atoms with Crippen molar-refractivity contribution in [2.75, 3.05) is 26.8 Å². The summed E-state index contributed by atoms with van der Waals surface area (Å²) in [5.41, 5.74) is 1.61. The van der Waals surface area contributed by atoms with Gasteiger partial charge in [0, 0.05) is 25.2 Å². The highest BCUT2D eigenvalue weighted by Crippen LogP contribution is 2.31. The molecule has 1 atom stereocenters. The number of likely N-dealkylation sites (N-methyl/N-ethyl adjacent to an activating group) is 1. The monoisotopic (exact) mass is 277 g/mol. The summed E-state index contributed by atoms with van der Waals surface area (Å²) in [6, 6.07) is 10.8. The van der Waals surface area contributed by atoms with E-state index in [2.05, 4.69) is 56.4 Å². The Labute approximate surface area is 124 Å². The first-order valence-corrected chi connectivity index (χ1v) is 7.92. The van der Waals surface area contributed by atoms with Gasteiger partial charge in [-0.15, -0.1) is 0 Å². The zero-order valence-electron chi connectivity index (χ0n) is 13.6. The molecule has 0 amide bonds. The molecule has 1 N–H and O–H groups in total. The second-order valence-corrected chi connectivity index (χ2v) is 6.08. The zero-order valence-corrected chi connectivity index (χ0v) is 13.6. The molecule has 2 heteroatoms. The minimum atomic E-state index is 0.188. The lowest BCUT2D eigenvalue weighted by Crippen LogP contribution is -2.37. The largest absolute Gasteiger partial charge is 0.381 e. The van der Waals surface area contributed by atoms with Crippen LogP contribution in [-0.4, -0.2) is 26.8 Å². The van der Waals surface area contributed by atoms with E-state index in [9.17, 15) is 0 Å². The summed E-state index contributed by atoms with van der Waals surface area (Å²) in [5.74, 6) is 0.720. The van der Waals surface area contributed by atoms with Gasteiger partial charge in [0.1, 0.15) is 0 Å². The van der Waals surface area contributed by atoms with E-state index in [1.165, 1.54) is 5.56 Å². The average Bonchev–Trinajstić information content (AvgIpc) is 2.46. The van der Waals surface area contributed by atoms with Gasteiger partial charge in [-0.25, -0.2) is 0 Å². The summed E-state index contributed by atoms with van der Waals surface area (Å²) < 4.78 is 5.84. The van der Waals surface area contributed by atoms with Gasteiger partial charge in [0.15, 0.2) is 0 Å². The predicted octanol–water partition coefficient (Wildman–Crippen LogP) is 4.01. The fourth-order valence-corrected chi connectivity index (χ4v) is 2.66. The van der Waals surface area contributed by atoms with Crippen LogP contribution in [0.15, 0.2) is 30.3 Å². The third-order valence-corrected chi connectivity index (χ3v) is 4.14. The van der Waals surface area contributed by atoms with E-state index in [4.69, 9.17) is 4.74 Å². The SMILES string of the molecule is CCC(CCOCCC(C)C)(CNC)c1ccccc1. The van der Waals surface area contributed by atoms with E-state index in [1.54, 1.807) is 0 Å². The minimum absolute atomic E-state index is 0.188. The number of nitrogens with one attached hydrogen (secondary N) is 1. The van der Waals surface area contributed by atoms with Crippen molar-refractivity contribution in [1.29, 1.82) is 0 Å². The molecular formula is C18H31NO. The van der Waals surface area contributed by atoms with Crippen LogP contribution >= 0.6 is 0 Å². The predicted molar refractivity (Wildman–Crippen MR) is 87.2 cm³/mol. The van der Waals surface area contributed by atoms with Crippen LogP contribution in [0.2, 0.25) is 0 Å². The fraction of sp³-hybridized carbons (Fsp3) is 0.667. The number of rotatable bonds is 10. The Morgan fingerprint density at radius 2 is 1.85 bits per heavy atom.